The van der Waals surface area contributed by atoms with Gasteiger partial charge in [-0.25, -0.2) is 8.91 Å². The molecule has 0 spiro atoms. The zero-order valence-electron chi connectivity index (χ0n) is 11.9. The molecule has 0 saturated heterocycles. The number of rotatable bonds is 2. The number of fused-ring (bicyclic) bond motifs is 1. The van der Waals surface area contributed by atoms with Crippen molar-refractivity contribution in [3.8, 4) is 11.1 Å². The van der Waals surface area contributed by atoms with Gasteiger partial charge in [0.1, 0.15) is 11.5 Å². The summed E-state index contributed by atoms with van der Waals surface area (Å²) in [6.45, 7) is 5.07. The van der Waals surface area contributed by atoms with Crippen molar-refractivity contribution in [1.82, 2.24) is 19.8 Å². The Hall–Kier alpha value is -2.63. The van der Waals surface area contributed by atoms with E-state index >= 15 is 0 Å². The summed E-state index contributed by atoms with van der Waals surface area (Å²) >= 11 is 0. The molecule has 2 heterocycles. The first kappa shape index (κ1) is 13.4. The highest BCUT2D eigenvalue weighted by Gasteiger charge is 2.18. The van der Waals surface area contributed by atoms with Gasteiger partial charge in [-0.1, -0.05) is 12.1 Å². The van der Waals surface area contributed by atoms with Gasteiger partial charge in [0.15, 0.2) is 11.4 Å². The highest BCUT2D eigenvalue weighted by Crippen LogP contribution is 2.27. The Morgan fingerprint density at radius 3 is 2.43 bits per heavy atom. The Kier molecular flexibility index (Phi) is 3.01. The maximum Gasteiger partial charge on any atom is 0.185 e. The van der Waals surface area contributed by atoms with Crippen LogP contribution in [0.5, 0.6) is 0 Å². The van der Waals surface area contributed by atoms with Crippen LogP contribution in [0, 0.1) is 19.7 Å². The number of nitrogens with zero attached hydrogens (tertiary/aromatic N) is 4. The van der Waals surface area contributed by atoms with E-state index in [1.807, 2.05) is 6.92 Å². The minimum Gasteiger partial charge on any atom is -0.293 e. The number of aromatic nitrogens is 4. The van der Waals surface area contributed by atoms with Gasteiger partial charge < -0.3 is 0 Å². The van der Waals surface area contributed by atoms with Gasteiger partial charge >= 0.3 is 0 Å². The lowest BCUT2D eigenvalue weighted by molar-refractivity contribution is 0.101. The number of halogens is 1. The van der Waals surface area contributed by atoms with Crippen molar-refractivity contribution in [3.05, 3.63) is 47.2 Å². The fourth-order valence-corrected chi connectivity index (χ4v) is 2.39. The van der Waals surface area contributed by atoms with Gasteiger partial charge in [-0.2, -0.15) is 5.10 Å². The Labute approximate surface area is 120 Å². The number of hydrogen-bond acceptors (Lipinski definition) is 4. The number of ketones is 1. The molecule has 3 aromatic rings. The molecule has 21 heavy (non-hydrogen) atoms. The summed E-state index contributed by atoms with van der Waals surface area (Å²) in [4.78, 5) is 11.5. The number of Topliss-reactive ketones (excluding diaryl/α,β-unsaturated/α-hetero) is 1. The Bertz CT molecular complexity index is 852. The molecule has 5 nitrogen and oxygen atoms in total. The average Bonchev–Trinajstić information content (AvgIpc) is 2.77. The molecule has 0 aliphatic heterocycles. The molecule has 0 radical (unpaired) electrons. The van der Waals surface area contributed by atoms with Crippen LogP contribution in [0.1, 0.15) is 28.8 Å². The monoisotopic (exact) mass is 284 g/mol. The van der Waals surface area contributed by atoms with Gasteiger partial charge in [0.25, 0.3) is 0 Å². The zero-order valence-corrected chi connectivity index (χ0v) is 11.9. The third-order valence-corrected chi connectivity index (χ3v) is 3.41. The number of aryl methyl sites for hydroxylation is 2. The molecule has 0 saturated carbocycles. The second-order valence-corrected chi connectivity index (χ2v) is 4.89. The zero-order chi connectivity index (χ0) is 15.1. The van der Waals surface area contributed by atoms with Gasteiger partial charge in [0, 0.05) is 6.92 Å². The standard InChI is InChI=1S/C15H13FN4O/c1-8-13(11-4-6-12(16)7-5-11)15-18-17-14(10(3)21)9(2)20(15)19-8/h4-7H,1-3H3. The fraction of sp³-hybridized carbons (Fsp3) is 0.200. The number of hydrogen-bond donors (Lipinski definition) is 0. The lowest BCUT2D eigenvalue weighted by Gasteiger charge is -2.03. The van der Waals surface area contributed by atoms with Crippen molar-refractivity contribution in [2.24, 2.45) is 0 Å². The molecule has 6 heteroatoms. The van der Waals surface area contributed by atoms with Gasteiger partial charge in [0.2, 0.25) is 0 Å². The van der Waals surface area contributed by atoms with E-state index in [0.717, 1.165) is 16.8 Å². The second kappa shape index (κ2) is 4.73. The molecule has 0 atom stereocenters. The molecule has 1 aromatic carbocycles. The van der Waals surface area contributed by atoms with Gasteiger partial charge in [0.05, 0.1) is 17.0 Å². The predicted octanol–water partition coefficient (Wildman–Crippen LogP) is 2.75. The molecule has 0 aliphatic rings. The lowest BCUT2D eigenvalue weighted by Crippen LogP contribution is -2.09. The molecule has 2 aromatic heterocycles. The molecule has 0 bridgehead atoms. The Morgan fingerprint density at radius 1 is 1.14 bits per heavy atom. The van der Waals surface area contributed by atoms with Crippen LogP contribution in [0.3, 0.4) is 0 Å². The summed E-state index contributed by atoms with van der Waals surface area (Å²) in [5, 5.41) is 12.5. The largest absolute Gasteiger partial charge is 0.293 e. The average molecular weight is 284 g/mol. The van der Waals surface area contributed by atoms with Crippen LogP contribution in [0.2, 0.25) is 0 Å². The van der Waals surface area contributed by atoms with E-state index in [4.69, 9.17) is 0 Å². The van der Waals surface area contributed by atoms with Crippen LogP contribution in [-0.2, 0) is 0 Å². The summed E-state index contributed by atoms with van der Waals surface area (Å²) in [7, 11) is 0. The molecule has 0 unspecified atom stereocenters. The van der Waals surface area contributed by atoms with E-state index in [0.29, 0.717) is 17.0 Å². The van der Waals surface area contributed by atoms with Gasteiger partial charge in [-0.05, 0) is 31.5 Å². The molecular formula is C15H13FN4O. The minimum atomic E-state index is -0.297. The molecule has 106 valence electrons. The lowest BCUT2D eigenvalue weighted by atomic mass is 10.1. The molecule has 0 amide bonds. The van der Waals surface area contributed by atoms with Crippen molar-refractivity contribution in [3.63, 3.8) is 0 Å². The van der Waals surface area contributed by atoms with Crippen molar-refractivity contribution in [2.75, 3.05) is 0 Å². The highest BCUT2D eigenvalue weighted by molar-refractivity contribution is 5.93. The SMILES string of the molecule is CC(=O)c1nnc2c(-c3ccc(F)cc3)c(C)nn2c1C. The fourth-order valence-electron chi connectivity index (χ4n) is 2.39. The Balaban J connectivity index is 2.30. The molecule has 0 aliphatic carbocycles. The van der Waals surface area contributed by atoms with Gasteiger partial charge in [-0.3, -0.25) is 4.79 Å². The molecular weight excluding hydrogens is 271 g/mol. The van der Waals surface area contributed by atoms with Crippen LogP contribution in [0.15, 0.2) is 24.3 Å². The molecule has 0 N–H and O–H groups in total. The normalized spacial score (nSPS) is 11.0. The third kappa shape index (κ3) is 2.08. The highest BCUT2D eigenvalue weighted by atomic mass is 19.1. The van der Waals surface area contributed by atoms with Crippen molar-refractivity contribution >= 4 is 11.4 Å². The third-order valence-electron chi connectivity index (χ3n) is 3.41. The molecule has 3 rings (SSSR count). The molecule has 0 fully saturated rings. The van der Waals surface area contributed by atoms with Gasteiger partial charge in [-0.15, -0.1) is 10.2 Å². The maximum atomic E-state index is 13.1. The topological polar surface area (TPSA) is 60.2 Å². The summed E-state index contributed by atoms with van der Waals surface area (Å²) in [5.41, 5.74) is 3.86. The first-order valence-electron chi connectivity index (χ1n) is 6.48. The summed E-state index contributed by atoms with van der Waals surface area (Å²) < 4.78 is 14.7. The van der Waals surface area contributed by atoms with E-state index in [9.17, 15) is 9.18 Å². The number of carbonyl (C=O) groups excluding carboxylic acids is 1. The van der Waals surface area contributed by atoms with Crippen LogP contribution in [-0.4, -0.2) is 25.6 Å². The summed E-state index contributed by atoms with van der Waals surface area (Å²) in [6, 6.07) is 6.13. The van der Waals surface area contributed by atoms with Crippen molar-refractivity contribution in [2.45, 2.75) is 20.8 Å². The maximum absolute atomic E-state index is 13.1. The van der Waals surface area contributed by atoms with Crippen LogP contribution in [0.4, 0.5) is 4.39 Å². The van der Waals surface area contributed by atoms with Crippen molar-refractivity contribution < 1.29 is 9.18 Å². The summed E-state index contributed by atoms with van der Waals surface area (Å²) in [5.74, 6) is -0.451. The van der Waals surface area contributed by atoms with E-state index in [1.54, 1.807) is 23.6 Å². The van der Waals surface area contributed by atoms with E-state index in [1.165, 1.54) is 19.1 Å². The Morgan fingerprint density at radius 2 is 1.81 bits per heavy atom. The first-order valence-corrected chi connectivity index (χ1v) is 6.48. The van der Waals surface area contributed by atoms with Crippen molar-refractivity contribution in [1.29, 1.82) is 0 Å². The minimum absolute atomic E-state index is 0.154. The van der Waals surface area contributed by atoms with E-state index < -0.39 is 0 Å². The quantitative estimate of drug-likeness (QED) is 0.679. The number of carbonyl (C=O) groups is 1. The van der Waals surface area contributed by atoms with Crippen LogP contribution >= 0.6 is 0 Å². The first-order chi connectivity index (χ1) is 9.99. The van der Waals surface area contributed by atoms with Crippen LogP contribution < -0.4 is 0 Å². The second-order valence-electron chi connectivity index (χ2n) is 4.89. The van der Waals surface area contributed by atoms with Crippen LogP contribution in [0.25, 0.3) is 16.8 Å². The predicted molar refractivity (Wildman–Crippen MR) is 75.7 cm³/mol. The van der Waals surface area contributed by atoms with E-state index in [-0.39, 0.29) is 11.6 Å². The van der Waals surface area contributed by atoms with E-state index in [2.05, 4.69) is 15.3 Å². The number of benzene rings is 1. The summed E-state index contributed by atoms with van der Waals surface area (Å²) in [6.07, 6.45) is 0. The smallest absolute Gasteiger partial charge is 0.185 e.